The van der Waals surface area contributed by atoms with Gasteiger partial charge in [-0.3, -0.25) is 4.90 Å². The minimum atomic E-state index is 0.653. The third kappa shape index (κ3) is 2.16. The zero-order valence-electron chi connectivity index (χ0n) is 14.5. The van der Waals surface area contributed by atoms with E-state index in [1.54, 1.807) is 0 Å². The molecule has 1 aromatic rings. The Bertz CT molecular complexity index is 456. The highest BCUT2D eigenvalue weighted by molar-refractivity contribution is 5.26. The van der Waals surface area contributed by atoms with Crippen molar-refractivity contribution in [2.24, 2.45) is 23.7 Å². The first kappa shape index (κ1) is 15.1. The van der Waals surface area contributed by atoms with Crippen LogP contribution in [0.4, 0.5) is 0 Å². The van der Waals surface area contributed by atoms with Crippen LogP contribution in [0, 0.1) is 23.7 Å². The first-order valence-electron chi connectivity index (χ1n) is 8.77. The van der Waals surface area contributed by atoms with Crippen molar-refractivity contribution in [3.63, 3.8) is 0 Å². The molecule has 8 unspecified atom stereocenters. The van der Waals surface area contributed by atoms with Gasteiger partial charge in [0.05, 0.1) is 0 Å². The predicted octanol–water partition coefficient (Wildman–Crippen LogP) is 4.79. The number of benzene rings is 1. The van der Waals surface area contributed by atoms with Crippen LogP contribution in [-0.4, -0.2) is 23.0 Å². The standard InChI is InChI=1S/C20H31N/c1-12-13(2)16(5)21-17(6)19(15(4)20(21)14(12)3)18-10-8-7-9-11-18/h7-17,19-20H,1-6H3. The molecule has 0 N–H and O–H groups in total. The van der Waals surface area contributed by atoms with Crippen LogP contribution in [0.3, 0.4) is 0 Å². The molecule has 8 atom stereocenters. The summed E-state index contributed by atoms with van der Waals surface area (Å²) in [7, 11) is 0. The van der Waals surface area contributed by atoms with E-state index in [0.717, 1.165) is 29.7 Å². The van der Waals surface area contributed by atoms with Gasteiger partial charge >= 0.3 is 0 Å². The van der Waals surface area contributed by atoms with Gasteiger partial charge in [-0.2, -0.15) is 0 Å². The van der Waals surface area contributed by atoms with Crippen molar-refractivity contribution in [2.45, 2.75) is 65.6 Å². The average molecular weight is 285 g/mol. The Morgan fingerprint density at radius 1 is 0.667 bits per heavy atom. The molecule has 2 fully saturated rings. The number of hydrogen-bond donors (Lipinski definition) is 0. The second-order valence-electron chi connectivity index (χ2n) is 7.79. The third-order valence-corrected chi connectivity index (χ3v) is 7.05. The van der Waals surface area contributed by atoms with Crippen LogP contribution in [0.5, 0.6) is 0 Å². The minimum absolute atomic E-state index is 0.653. The maximum Gasteiger partial charge on any atom is 0.0162 e. The van der Waals surface area contributed by atoms with Gasteiger partial charge < -0.3 is 0 Å². The van der Waals surface area contributed by atoms with E-state index >= 15 is 0 Å². The van der Waals surface area contributed by atoms with Crippen molar-refractivity contribution >= 4 is 0 Å². The van der Waals surface area contributed by atoms with Crippen LogP contribution >= 0.6 is 0 Å². The van der Waals surface area contributed by atoms with Crippen molar-refractivity contribution < 1.29 is 0 Å². The highest BCUT2D eigenvalue weighted by Gasteiger charge is 2.53. The van der Waals surface area contributed by atoms with Gasteiger partial charge in [-0.15, -0.1) is 0 Å². The smallest absolute Gasteiger partial charge is 0.0162 e. The molecular weight excluding hydrogens is 254 g/mol. The molecule has 2 heterocycles. The Morgan fingerprint density at radius 3 is 1.90 bits per heavy atom. The topological polar surface area (TPSA) is 3.24 Å². The summed E-state index contributed by atoms with van der Waals surface area (Å²) in [6, 6.07) is 13.3. The summed E-state index contributed by atoms with van der Waals surface area (Å²) >= 11 is 0. The van der Waals surface area contributed by atoms with Crippen LogP contribution in [0.2, 0.25) is 0 Å². The van der Waals surface area contributed by atoms with Crippen LogP contribution < -0.4 is 0 Å². The fourth-order valence-electron chi connectivity index (χ4n) is 5.53. The summed E-state index contributed by atoms with van der Waals surface area (Å²) in [6.45, 7) is 14.8. The van der Waals surface area contributed by atoms with Crippen LogP contribution in [0.25, 0.3) is 0 Å². The Morgan fingerprint density at radius 2 is 1.29 bits per heavy atom. The minimum Gasteiger partial charge on any atom is -0.294 e. The van der Waals surface area contributed by atoms with Crippen molar-refractivity contribution in [1.82, 2.24) is 4.90 Å². The van der Waals surface area contributed by atoms with E-state index in [4.69, 9.17) is 0 Å². The Labute approximate surface area is 130 Å². The lowest BCUT2D eigenvalue weighted by Crippen LogP contribution is -2.56. The summed E-state index contributed by atoms with van der Waals surface area (Å²) in [5.41, 5.74) is 1.53. The molecule has 1 aromatic carbocycles. The molecule has 2 aliphatic heterocycles. The molecule has 2 aliphatic rings. The summed E-state index contributed by atoms with van der Waals surface area (Å²) in [4.78, 5) is 2.86. The Kier molecular flexibility index (Phi) is 3.90. The largest absolute Gasteiger partial charge is 0.294 e. The van der Waals surface area contributed by atoms with Crippen molar-refractivity contribution in [3.8, 4) is 0 Å². The van der Waals surface area contributed by atoms with E-state index in [2.05, 4.69) is 76.8 Å². The quantitative estimate of drug-likeness (QED) is 0.717. The molecule has 0 saturated carbocycles. The van der Waals surface area contributed by atoms with E-state index in [0.29, 0.717) is 18.0 Å². The molecule has 0 spiro atoms. The fourth-order valence-corrected chi connectivity index (χ4v) is 5.53. The molecule has 0 radical (unpaired) electrons. The maximum absolute atomic E-state index is 2.86. The lowest BCUT2D eigenvalue weighted by molar-refractivity contribution is -0.0217. The maximum atomic E-state index is 2.86. The molecular formula is C20H31N. The van der Waals surface area contributed by atoms with Crippen LogP contribution in [-0.2, 0) is 0 Å². The van der Waals surface area contributed by atoms with Crippen molar-refractivity contribution in [1.29, 1.82) is 0 Å². The van der Waals surface area contributed by atoms with Gasteiger partial charge in [0.2, 0.25) is 0 Å². The Balaban J connectivity index is 1.98. The van der Waals surface area contributed by atoms with Crippen LogP contribution in [0.15, 0.2) is 30.3 Å². The van der Waals surface area contributed by atoms with Gasteiger partial charge in [0.1, 0.15) is 0 Å². The number of hydrogen-bond acceptors (Lipinski definition) is 1. The van der Waals surface area contributed by atoms with Crippen LogP contribution in [0.1, 0.15) is 53.0 Å². The van der Waals surface area contributed by atoms with E-state index in [-0.39, 0.29) is 0 Å². The van der Waals surface area contributed by atoms with Gasteiger partial charge in [-0.05, 0) is 43.1 Å². The number of rotatable bonds is 1. The SMILES string of the molecule is CC1C(C)C(C)N2C(C)C(c3ccccc3)C(C)C2C1C. The zero-order valence-corrected chi connectivity index (χ0v) is 14.5. The van der Waals surface area contributed by atoms with Gasteiger partial charge in [0.25, 0.3) is 0 Å². The van der Waals surface area contributed by atoms with E-state index < -0.39 is 0 Å². The molecule has 0 bridgehead atoms. The van der Waals surface area contributed by atoms with Crippen molar-refractivity contribution in [3.05, 3.63) is 35.9 Å². The summed E-state index contributed by atoms with van der Waals surface area (Å²) in [6.07, 6.45) is 0. The van der Waals surface area contributed by atoms with Gasteiger partial charge in [-0.1, -0.05) is 58.0 Å². The normalized spacial score (nSPS) is 47.3. The van der Waals surface area contributed by atoms with E-state index in [9.17, 15) is 0 Å². The second kappa shape index (κ2) is 5.43. The molecule has 3 rings (SSSR count). The molecule has 2 saturated heterocycles. The van der Waals surface area contributed by atoms with E-state index in [1.807, 2.05) is 0 Å². The van der Waals surface area contributed by atoms with Gasteiger partial charge in [0.15, 0.2) is 0 Å². The first-order chi connectivity index (χ1) is 9.95. The monoisotopic (exact) mass is 285 g/mol. The zero-order chi connectivity index (χ0) is 15.3. The third-order valence-electron chi connectivity index (χ3n) is 7.05. The molecule has 1 heteroatoms. The van der Waals surface area contributed by atoms with Gasteiger partial charge in [0, 0.05) is 24.0 Å². The molecule has 0 aliphatic carbocycles. The number of piperidine rings is 1. The summed E-state index contributed by atoms with van der Waals surface area (Å²) in [5.74, 6) is 3.83. The average Bonchev–Trinajstić information content (AvgIpc) is 2.75. The van der Waals surface area contributed by atoms with Crippen molar-refractivity contribution in [2.75, 3.05) is 0 Å². The highest BCUT2D eigenvalue weighted by Crippen LogP contribution is 2.51. The molecule has 1 nitrogen and oxygen atoms in total. The predicted molar refractivity (Wildman–Crippen MR) is 90.4 cm³/mol. The lowest BCUT2D eigenvalue weighted by Gasteiger charge is -2.50. The number of nitrogens with zero attached hydrogens (tertiary/aromatic N) is 1. The molecule has 116 valence electrons. The van der Waals surface area contributed by atoms with Gasteiger partial charge in [-0.25, -0.2) is 0 Å². The first-order valence-corrected chi connectivity index (χ1v) is 8.77. The van der Waals surface area contributed by atoms with E-state index in [1.165, 1.54) is 5.56 Å². The molecule has 0 amide bonds. The summed E-state index contributed by atoms with van der Waals surface area (Å²) in [5, 5.41) is 0. The Hall–Kier alpha value is -0.820. The fraction of sp³-hybridized carbons (Fsp3) is 0.700. The molecule has 21 heavy (non-hydrogen) atoms. The second-order valence-corrected chi connectivity index (χ2v) is 7.79. The highest BCUT2D eigenvalue weighted by atomic mass is 15.3. The number of fused-ring (bicyclic) bond motifs is 1. The lowest BCUT2D eigenvalue weighted by atomic mass is 9.70. The molecule has 0 aromatic heterocycles. The summed E-state index contributed by atoms with van der Waals surface area (Å²) < 4.78 is 0.